The number of carbonyl (C=O) groups is 1. The second kappa shape index (κ2) is 9.22. The first kappa shape index (κ1) is 20.4. The Balaban J connectivity index is 0.00000109. The maximum absolute atomic E-state index is 12.9. The lowest BCUT2D eigenvalue weighted by atomic mass is 10.0. The Morgan fingerprint density at radius 3 is 2.39 bits per heavy atom. The fourth-order valence-electron chi connectivity index (χ4n) is 3.29. The zero-order valence-corrected chi connectivity index (χ0v) is 17.5. The van der Waals surface area contributed by atoms with E-state index in [1.165, 1.54) is 0 Å². The lowest BCUT2D eigenvalue weighted by Crippen LogP contribution is -2.24. The van der Waals surface area contributed by atoms with Crippen LogP contribution in [0.25, 0.3) is 5.57 Å². The van der Waals surface area contributed by atoms with Crippen LogP contribution in [-0.2, 0) is 11.3 Å². The predicted molar refractivity (Wildman–Crippen MR) is 116 cm³/mol. The summed E-state index contributed by atoms with van der Waals surface area (Å²) in [5, 5.41) is 1.29. The van der Waals surface area contributed by atoms with Gasteiger partial charge in [0.15, 0.2) is 0 Å². The molecule has 0 atom stereocenters. The van der Waals surface area contributed by atoms with E-state index >= 15 is 0 Å². The first-order chi connectivity index (χ1) is 13.6. The number of halogens is 2. The zero-order chi connectivity index (χ0) is 20.1. The molecule has 0 spiro atoms. The van der Waals surface area contributed by atoms with Gasteiger partial charge in [0.25, 0.3) is 5.91 Å². The number of hydrogen-bond donors (Lipinski definition) is 0. The molecular weight excluding hydrogens is 391 g/mol. The van der Waals surface area contributed by atoms with E-state index < -0.39 is 0 Å². The number of benzene rings is 1. The number of hydrogen-bond acceptors (Lipinski definition) is 2. The minimum atomic E-state index is -0.0134. The molecule has 2 aliphatic rings. The Morgan fingerprint density at radius 1 is 1.04 bits per heavy atom. The van der Waals surface area contributed by atoms with Crippen molar-refractivity contribution < 1.29 is 4.79 Å². The minimum absolute atomic E-state index is 0.0134. The van der Waals surface area contributed by atoms with Crippen LogP contribution in [0.15, 0.2) is 77.1 Å². The molecule has 3 nitrogen and oxygen atoms in total. The van der Waals surface area contributed by atoms with Gasteiger partial charge in [0, 0.05) is 42.0 Å². The molecule has 0 unspecified atom stereocenters. The van der Waals surface area contributed by atoms with E-state index in [0.29, 0.717) is 35.1 Å². The highest BCUT2D eigenvalue weighted by molar-refractivity contribution is 6.33. The summed E-state index contributed by atoms with van der Waals surface area (Å²) < 4.78 is 0. The molecule has 4 rings (SSSR count). The van der Waals surface area contributed by atoms with Gasteiger partial charge in [0.05, 0.1) is 5.57 Å². The van der Waals surface area contributed by atoms with Crippen LogP contribution in [-0.4, -0.2) is 22.3 Å². The molecule has 0 N–H and O–H groups in total. The fourth-order valence-corrected chi connectivity index (χ4v) is 3.70. The molecule has 144 valence electrons. The van der Waals surface area contributed by atoms with E-state index in [0.717, 1.165) is 22.3 Å². The Hall–Kier alpha value is -2.36. The van der Waals surface area contributed by atoms with E-state index in [9.17, 15) is 4.79 Å². The molecule has 1 fully saturated rings. The van der Waals surface area contributed by atoms with Gasteiger partial charge >= 0.3 is 0 Å². The summed E-state index contributed by atoms with van der Waals surface area (Å²) in [5.74, 6) is -0.0134. The number of rotatable bonds is 3. The summed E-state index contributed by atoms with van der Waals surface area (Å²) in [6.07, 6.45) is 8.21. The summed E-state index contributed by atoms with van der Waals surface area (Å²) >= 11 is 12.4. The highest BCUT2D eigenvalue weighted by atomic mass is 35.5. The van der Waals surface area contributed by atoms with Crippen LogP contribution in [0.2, 0.25) is 5.02 Å². The number of pyridine rings is 1. The molecule has 28 heavy (non-hydrogen) atoms. The average molecular weight is 413 g/mol. The number of amides is 1. The molecule has 2 aromatic rings. The quantitative estimate of drug-likeness (QED) is 0.618. The molecule has 1 aliphatic heterocycles. The number of fused-ring (bicyclic) bond motifs is 1. The largest absolute Gasteiger partial charge is 0.330 e. The highest BCUT2D eigenvalue weighted by Gasteiger charge is 2.33. The number of nitrogens with zero attached hydrogens (tertiary/aromatic N) is 2. The summed E-state index contributed by atoms with van der Waals surface area (Å²) in [6, 6.07) is 11.5. The standard InChI is InChI=1S/C21H16Cl2N2O.C2H6/c22-18-4-1-14(2-5-18)12-25-13-17-11-16(15-7-9-24-10-8-15)3-6-19(23)20(17)21(25)26;1-2/h1-5,7-11H,6,12-13H2;1-2H3. The molecule has 0 radical (unpaired) electrons. The van der Waals surface area contributed by atoms with Gasteiger partial charge in [-0.25, -0.2) is 0 Å². The van der Waals surface area contributed by atoms with E-state index in [-0.39, 0.29) is 5.91 Å². The second-order valence-corrected chi connectivity index (χ2v) is 7.23. The monoisotopic (exact) mass is 412 g/mol. The van der Waals surface area contributed by atoms with Crippen LogP contribution in [0.3, 0.4) is 0 Å². The maximum Gasteiger partial charge on any atom is 0.255 e. The maximum atomic E-state index is 12.9. The van der Waals surface area contributed by atoms with Crippen molar-refractivity contribution in [2.45, 2.75) is 26.8 Å². The van der Waals surface area contributed by atoms with Crippen molar-refractivity contribution in [1.29, 1.82) is 0 Å². The molecule has 0 bridgehead atoms. The third kappa shape index (κ3) is 4.37. The lowest BCUT2D eigenvalue weighted by molar-refractivity contribution is -0.125. The summed E-state index contributed by atoms with van der Waals surface area (Å²) in [5.41, 5.74) is 4.79. The molecule has 1 amide bonds. The number of aromatic nitrogens is 1. The normalized spacial score (nSPS) is 16.0. The van der Waals surface area contributed by atoms with Gasteiger partial charge < -0.3 is 4.90 Å². The van der Waals surface area contributed by atoms with E-state index in [4.69, 9.17) is 23.2 Å². The number of likely N-dealkylation sites (tertiary alicyclic amines) is 1. The number of carbonyl (C=O) groups excluding carboxylic acids is 1. The smallest absolute Gasteiger partial charge is 0.255 e. The summed E-state index contributed by atoms with van der Waals surface area (Å²) in [4.78, 5) is 18.8. The van der Waals surface area contributed by atoms with Crippen LogP contribution < -0.4 is 0 Å². The molecule has 5 heteroatoms. The third-order valence-corrected chi connectivity index (χ3v) is 5.18. The summed E-state index contributed by atoms with van der Waals surface area (Å²) in [6.45, 7) is 5.09. The molecule has 1 aromatic heterocycles. The van der Waals surface area contributed by atoms with Gasteiger partial charge in [0.1, 0.15) is 0 Å². The first-order valence-corrected chi connectivity index (χ1v) is 10.1. The van der Waals surface area contributed by atoms with Crippen molar-refractivity contribution in [3.63, 3.8) is 0 Å². The Bertz CT molecular complexity index is 944. The van der Waals surface area contributed by atoms with Crippen molar-refractivity contribution in [1.82, 2.24) is 9.88 Å². The van der Waals surface area contributed by atoms with Crippen molar-refractivity contribution in [3.8, 4) is 0 Å². The molecule has 1 aliphatic carbocycles. The van der Waals surface area contributed by atoms with E-state index in [2.05, 4.69) is 17.1 Å². The topological polar surface area (TPSA) is 33.2 Å². The van der Waals surface area contributed by atoms with Crippen LogP contribution in [0.4, 0.5) is 0 Å². The van der Waals surface area contributed by atoms with Crippen molar-refractivity contribution >= 4 is 34.7 Å². The molecular formula is C23H22Cl2N2O. The molecule has 1 aromatic carbocycles. The van der Waals surface area contributed by atoms with Gasteiger partial charge in [-0.1, -0.05) is 55.3 Å². The average Bonchev–Trinajstić information content (AvgIpc) is 2.93. The van der Waals surface area contributed by atoms with E-state index in [1.54, 1.807) is 12.4 Å². The predicted octanol–water partition coefficient (Wildman–Crippen LogP) is 6.01. The second-order valence-electron chi connectivity index (χ2n) is 6.34. The minimum Gasteiger partial charge on any atom is -0.330 e. The lowest BCUT2D eigenvalue weighted by Gasteiger charge is -2.15. The van der Waals surface area contributed by atoms with Gasteiger partial charge in [-0.05, 0) is 52.6 Å². The molecule has 1 saturated heterocycles. The van der Waals surface area contributed by atoms with Crippen LogP contribution in [0.5, 0.6) is 0 Å². The summed E-state index contributed by atoms with van der Waals surface area (Å²) in [7, 11) is 0. The fraction of sp³-hybridized carbons (Fsp3) is 0.217. The highest BCUT2D eigenvalue weighted by Crippen LogP contribution is 2.36. The van der Waals surface area contributed by atoms with Crippen LogP contribution in [0, 0.1) is 0 Å². The van der Waals surface area contributed by atoms with Gasteiger partial charge in [0.2, 0.25) is 0 Å². The van der Waals surface area contributed by atoms with Gasteiger partial charge in [-0.2, -0.15) is 0 Å². The Labute approximate surface area is 176 Å². The first-order valence-electron chi connectivity index (χ1n) is 9.35. The number of allylic oxidation sites excluding steroid dienone is 4. The SMILES string of the molecule is CC.O=C1C2=C(Cl)CC=C(c3ccncc3)C=C2CN1Cc1ccc(Cl)cc1. The van der Waals surface area contributed by atoms with Crippen LogP contribution >= 0.6 is 23.2 Å². The van der Waals surface area contributed by atoms with Crippen LogP contribution in [0.1, 0.15) is 31.4 Å². The third-order valence-electron chi connectivity index (χ3n) is 4.59. The van der Waals surface area contributed by atoms with Crippen molar-refractivity contribution in [2.24, 2.45) is 0 Å². The van der Waals surface area contributed by atoms with Gasteiger partial charge in [-0.15, -0.1) is 0 Å². The zero-order valence-electron chi connectivity index (χ0n) is 16.0. The molecule has 0 saturated carbocycles. The van der Waals surface area contributed by atoms with Crippen molar-refractivity contribution in [2.75, 3.05) is 6.54 Å². The van der Waals surface area contributed by atoms with Crippen molar-refractivity contribution in [3.05, 3.63) is 93.3 Å². The van der Waals surface area contributed by atoms with Gasteiger partial charge in [-0.3, -0.25) is 9.78 Å². The molecule has 2 heterocycles. The van der Waals surface area contributed by atoms with E-state index in [1.807, 2.05) is 55.1 Å². The Kier molecular flexibility index (Phi) is 6.71. The Morgan fingerprint density at radius 2 is 1.71 bits per heavy atom.